The van der Waals surface area contributed by atoms with Crippen molar-refractivity contribution in [2.45, 2.75) is 11.7 Å². The highest BCUT2D eigenvalue weighted by molar-refractivity contribution is 7.98. The van der Waals surface area contributed by atoms with Crippen LogP contribution >= 0.6 is 23.4 Å². The second-order valence-corrected chi connectivity index (χ2v) is 6.14. The molecule has 0 amide bonds. The highest BCUT2D eigenvalue weighted by Gasteiger charge is 2.13. The predicted octanol–water partition coefficient (Wildman–Crippen LogP) is 3.23. The van der Waals surface area contributed by atoms with Gasteiger partial charge in [0.1, 0.15) is 11.4 Å². The van der Waals surface area contributed by atoms with Crippen LogP contribution in [0, 0.1) is 0 Å². The largest absolute Gasteiger partial charge is 0.477 e. The van der Waals surface area contributed by atoms with Gasteiger partial charge in [0, 0.05) is 26.8 Å². The highest BCUT2D eigenvalue weighted by Crippen LogP contribution is 2.26. The number of aromatic nitrogens is 2. The Hall–Kier alpha value is -1.99. The fourth-order valence-corrected chi connectivity index (χ4v) is 2.68. The summed E-state index contributed by atoms with van der Waals surface area (Å²) in [7, 11) is 3.84. The topological polar surface area (TPSA) is 78.3 Å². The van der Waals surface area contributed by atoms with Crippen LogP contribution in [0.1, 0.15) is 15.9 Å². The van der Waals surface area contributed by atoms with E-state index in [0.29, 0.717) is 22.5 Å². The number of hydrogen-bond donors (Lipinski definition) is 2. The van der Waals surface area contributed by atoms with Gasteiger partial charge in [-0.05, 0) is 24.0 Å². The van der Waals surface area contributed by atoms with E-state index in [1.165, 1.54) is 18.0 Å². The summed E-state index contributed by atoms with van der Waals surface area (Å²) in [4.78, 5) is 21.4. The average molecular weight is 353 g/mol. The minimum atomic E-state index is -1.07. The van der Waals surface area contributed by atoms with Crippen LogP contribution in [0.4, 0.5) is 11.5 Å². The Kier molecular flexibility index (Phi) is 5.68. The second kappa shape index (κ2) is 7.52. The molecule has 1 aromatic heterocycles. The lowest BCUT2D eigenvalue weighted by atomic mass is 10.2. The van der Waals surface area contributed by atoms with E-state index in [1.807, 2.05) is 43.5 Å². The Bertz CT molecular complexity index is 725. The SMILES string of the molecule is CSc1ncc(C(=O)O)c(NCc2ccc(N(C)C)c(Cl)c2)n1. The van der Waals surface area contributed by atoms with Gasteiger partial charge in [0.2, 0.25) is 0 Å². The molecule has 1 aromatic carbocycles. The van der Waals surface area contributed by atoms with Gasteiger partial charge < -0.3 is 15.3 Å². The number of thioether (sulfide) groups is 1. The van der Waals surface area contributed by atoms with Crippen molar-refractivity contribution in [2.24, 2.45) is 0 Å². The number of aromatic carboxylic acids is 1. The molecule has 1 heterocycles. The molecule has 0 saturated heterocycles. The Morgan fingerprint density at radius 3 is 2.74 bits per heavy atom. The molecule has 0 aliphatic rings. The molecule has 0 saturated carbocycles. The van der Waals surface area contributed by atoms with Crippen LogP contribution in [-0.4, -0.2) is 41.4 Å². The number of carboxylic acid groups (broad SMARTS) is 1. The molecule has 0 atom stereocenters. The molecule has 2 N–H and O–H groups in total. The van der Waals surface area contributed by atoms with Crippen LogP contribution in [0.15, 0.2) is 29.6 Å². The van der Waals surface area contributed by atoms with E-state index in [1.54, 1.807) is 0 Å². The molecule has 23 heavy (non-hydrogen) atoms. The Morgan fingerprint density at radius 2 is 2.17 bits per heavy atom. The molecule has 0 radical (unpaired) electrons. The molecule has 6 nitrogen and oxygen atoms in total. The first kappa shape index (κ1) is 17.4. The summed E-state index contributed by atoms with van der Waals surface area (Å²) >= 11 is 7.59. The van der Waals surface area contributed by atoms with E-state index in [4.69, 9.17) is 11.6 Å². The number of carbonyl (C=O) groups is 1. The molecule has 8 heteroatoms. The number of halogens is 1. The van der Waals surface area contributed by atoms with Crippen LogP contribution in [0.5, 0.6) is 0 Å². The third-order valence-corrected chi connectivity index (χ3v) is 4.00. The molecule has 0 fully saturated rings. The normalized spacial score (nSPS) is 10.4. The zero-order chi connectivity index (χ0) is 17.0. The van der Waals surface area contributed by atoms with E-state index in [0.717, 1.165) is 11.3 Å². The maximum atomic E-state index is 11.3. The van der Waals surface area contributed by atoms with Gasteiger partial charge in [-0.25, -0.2) is 14.8 Å². The lowest BCUT2D eigenvalue weighted by molar-refractivity contribution is 0.0697. The van der Waals surface area contributed by atoms with Crippen molar-refractivity contribution in [3.63, 3.8) is 0 Å². The monoisotopic (exact) mass is 352 g/mol. The summed E-state index contributed by atoms with van der Waals surface area (Å²) in [5, 5.41) is 13.4. The van der Waals surface area contributed by atoms with Gasteiger partial charge in [-0.1, -0.05) is 29.4 Å². The van der Waals surface area contributed by atoms with E-state index in [2.05, 4.69) is 15.3 Å². The van der Waals surface area contributed by atoms with Crippen molar-refractivity contribution < 1.29 is 9.90 Å². The van der Waals surface area contributed by atoms with Crippen molar-refractivity contribution in [3.05, 3.63) is 40.5 Å². The minimum absolute atomic E-state index is 0.0406. The van der Waals surface area contributed by atoms with Crippen LogP contribution in [-0.2, 0) is 6.54 Å². The van der Waals surface area contributed by atoms with Gasteiger partial charge in [0.25, 0.3) is 0 Å². The quantitative estimate of drug-likeness (QED) is 0.610. The molecular weight excluding hydrogens is 336 g/mol. The predicted molar refractivity (Wildman–Crippen MR) is 93.9 cm³/mol. The molecule has 0 aliphatic carbocycles. The Balaban J connectivity index is 2.20. The van der Waals surface area contributed by atoms with Gasteiger partial charge >= 0.3 is 5.97 Å². The van der Waals surface area contributed by atoms with Gasteiger partial charge in [-0.3, -0.25) is 0 Å². The number of nitrogens with one attached hydrogen (secondary N) is 1. The van der Waals surface area contributed by atoms with Crippen molar-refractivity contribution >= 4 is 40.8 Å². The number of benzene rings is 1. The van der Waals surface area contributed by atoms with Crippen molar-refractivity contribution in [1.82, 2.24) is 9.97 Å². The third-order valence-electron chi connectivity index (χ3n) is 3.13. The highest BCUT2D eigenvalue weighted by atomic mass is 35.5. The second-order valence-electron chi connectivity index (χ2n) is 4.96. The van der Waals surface area contributed by atoms with Crippen LogP contribution in [0.3, 0.4) is 0 Å². The van der Waals surface area contributed by atoms with Gasteiger partial charge in [0.15, 0.2) is 5.16 Å². The summed E-state index contributed by atoms with van der Waals surface area (Å²) in [6, 6.07) is 5.71. The summed E-state index contributed by atoms with van der Waals surface area (Å²) in [5.41, 5.74) is 1.90. The van der Waals surface area contributed by atoms with Crippen LogP contribution < -0.4 is 10.2 Å². The standard InChI is InChI=1S/C15H17ClN4O2S/c1-20(2)12-5-4-9(6-11(12)16)7-17-13-10(14(21)22)8-18-15(19-13)23-3/h4-6,8H,7H2,1-3H3,(H,21,22)(H,17,18,19). The molecule has 0 bridgehead atoms. The Labute approximate surface area is 143 Å². The fraction of sp³-hybridized carbons (Fsp3) is 0.267. The molecule has 2 rings (SSSR count). The lowest BCUT2D eigenvalue weighted by Gasteiger charge is -2.15. The van der Waals surface area contributed by atoms with Crippen molar-refractivity contribution in [3.8, 4) is 0 Å². The summed E-state index contributed by atoms with van der Waals surface area (Å²) in [6.07, 6.45) is 3.14. The maximum Gasteiger partial charge on any atom is 0.341 e. The van der Waals surface area contributed by atoms with Gasteiger partial charge in [-0.15, -0.1) is 0 Å². The van der Waals surface area contributed by atoms with Gasteiger partial charge in [0.05, 0.1) is 10.7 Å². The van der Waals surface area contributed by atoms with E-state index < -0.39 is 5.97 Å². The first-order chi connectivity index (χ1) is 10.9. The number of carboxylic acids is 1. The first-order valence-electron chi connectivity index (χ1n) is 6.76. The van der Waals surface area contributed by atoms with Crippen molar-refractivity contribution in [2.75, 3.05) is 30.6 Å². The molecule has 122 valence electrons. The number of hydrogen-bond acceptors (Lipinski definition) is 6. The fourth-order valence-electron chi connectivity index (χ4n) is 1.96. The number of rotatable bonds is 6. The molecule has 0 spiro atoms. The number of nitrogens with zero attached hydrogens (tertiary/aromatic N) is 3. The zero-order valence-corrected chi connectivity index (χ0v) is 14.6. The van der Waals surface area contributed by atoms with E-state index in [9.17, 15) is 9.90 Å². The number of anilines is 2. The molecule has 0 unspecified atom stereocenters. The zero-order valence-electron chi connectivity index (χ0n) is 13.0. The van der Waals surface area contributed by atoms with Crippen LogP contribution in [0.25, 0.3) is 0 Å². The third kappa shape index (κ3) is 4.27. The van der Waals surface area contributed by atoms with Crippen LogP contribution in [0.2, 0.25) is 5.02 Å². The molecular formula is C15H17ClN4O2S. The minimum Gasteiger partial charge on any atom is -0.477 e. The van der Waals surface area contributed by atoms with Gasteiger partial charge in [-0.2, -0.15) is 0 Å². The molecule has 0 aliphatic heterocycles. The average Bonchev–Trinajstić information content (AvgIpc) is 2.52. The summed E-state index contributed by atoms with van der Waals surface area (Å²) in [6.45, 7) is 0.415. The Morgan fingerprint density at radius 1 is 1.43 bits per heavy atom. The van der Waals surface area contributed by atoms with E-state index in [-0.39, 0.29) is 5.56 Å². The molecule has 2 aromatic rings. The van der Waals surface area contributed by atoms with Crippen molar-refractivity contribution in [1.29, 1.82) is 0 Å². The first-order valence-corrected chi connectivity index (χ1v) is 8.36. The lowest BCUT2D eigenvalue weighted by Crippen LogP contribution is -2.11. The summed E-state index contributed by atoms with van der Waals surface area (Å²) < 4.78 is 0. The maximum absolute atomic E-state index is 11.3. The van der Waals surface area contributed by atoms with E-state index >= 15 is 0 Å². The summed E-state index contributed by atoms with van der Waals surface area (Å²) in [5.74, 6) is -0.772. The smallest absolute Gasteiger partial charge is 0.341 e.